The molecule has 88 valence electrons. The molecular weight excluding hydrogens is 208 g/mol. The average molecular weight is 226 g/mol. The average Bonchev–Trinajstić information content (AvgIpc) is 2.80. The summed E-state index contributed by atoms with van der Waals surface area (Å²) in [5.41, 5.74) is 1.47. The van der Waals surface area contributed by atoms with Gasteiger partial charge in [0, 0.05) is 6.42 Å². The maximum absolute atomic E-state index is 5.50. The van der Waals surface area contributed by atoms with E-state index in [1.54, 1.807) is 6.26 Å². The Kier molecular flexibility index (Phi) is 3.00. The van der Waals surface area contributed by atoms with Crippen molar-refractivity contribution in [1.82, 2.24) is 0 Å². The second-order valence-electron chi connectivity index (χ2n) is 4.99. The van der Waals surface area contributed by atoms with Crippen LogP contribution in [0.5, 0.6) is 0 Å². The van der Waals surface area contributed by atoms with Crippen molar-refractivity contribution in [1.29, 1.82) is 0 Å². The highest BCUT2D eigenvalue weighted by Crippen LogP contribution is 2.41. The first-order valence-electron chi connectivity index (χ1n) is 6.51. The Balaban J connectivity index is 1.82. The van der Waals surface area contributed by atoms with Gasteiger partial charge in [0.1, 0.15) is 5.76 Å². The van der Waals surface area contributed by atoms with Gasteiger partial charge in [-0.1, -0.05) is 36.8 Å². The molecule has 1 heteroatoms. The van der Waals surface area contributed by atoms with Crippen LogP contribution < -0.4 is 0 Å². The van der Waals surface area contributed by atoms with Gasteiger partial charge in [-0.15, -0.1) is 0 Å². The topological polar surface area (TPSA) is 13.1 Å². The van der Waals surface area contributed by atoms with E-state index in [4.69, 9.17) is 4.42 Å². The van der Waals surface area contributed by atoms with E-state index in [1.165, 1.54) is 24.8 Å². The van der Waals surface area contributed by atoms with Gasteiger partial charge in [0.05, 0.1) is 6.26 Å². The zero-order valence-corrected chi connectivity index (χ0v) is 10.0. The normalized spacial score (nSPS) is 17.6. The third-order valence-electron chi connectivity index (χ3n) is 3.95. The lowest BCUT2D eigenvalue weighted by atomic mass is 9.71. The molecule has 1 fully saturated rings. The van der Waals surface area contributed by atoms with E-state index in [2.05, 4.69) is 36.4 Å². The van der Waals surface area contributed by atoms with Crippen LogP contribution in [0.1, 0.15) is 36.5 Å². The lowest BCUT2D eigenvalue weighted by molar-refractivity contribution is 0.252. The van der Waals surface area contributed by atoms with Crippen LogP contribution in [0, 0.1) is 5.92 Å². The molecule has 1 atom stereocenters. The first kappa shape index (κ1) is 10.6. The van der Waals surface area contributed by atoms with E-state index in [0.29, 0.717) is 5.92 Å². The van der Waals surface area contributed by atoms with Crippen LogP contribution in [-0.4, -0.2) is 0 Å². The lowest BCUT2D eigenvalue weighted by Gasteiger charge is -2.33. The van der Waals surface area contributed by atoms with Crippen molar-refractivity contribution in [3.8, 4) is 0 Å². The smallest absolute Gasteiger partial charge is 0.104 e. The Hall–Kier alpha value is -1.50. The van der Waals surface area contributed by atoms with Crippen molar-refractivity contribution in [2.45, 2.75) is 31.6 Å². The quantitative estimate of drug-likeness (QED) is 0.752. The third-order valence-corrected chi connectivity index (χ3v) is 3.95. The molecule has 1 aromatic carbocycles. The third kappa shape index (κ3) is 2.28. The summed E-state index contributed by atoms with van der Waals surface area (Å²) < 4.78 is 5.50. The molecule has 1 unspecified atom stereocenters. The molecule has 3 rings (SSSR count). The molecule has 1 aromatic heterocycles. The first-order valence-corrected chi connectivity index (χ1v) is 6.51. The van der Waals surface area contributed by atoms with Gasteiger partial charge in [-0.2, -0.15) is 0 Å². The molecule has 0 amide bonds. The van der Waals surface area contributed by atoms with Gasteiger partial charge in [-0.25, -0.2) is 0 Å². The molecule has 0 N–H and O–H groups in total. The largest absolute Gasteiger partial charge is 0.469 e. The van der Waals surface area contributed by atoms with E-state index in [9.17, 15) is 0 Å². The zero-order valence-electron chi connectivity index (χ0n) is 10.0. The molecule has 1 saturated carbocycles. The lowest BCUT2D eigenvalue weighted by Crippen LogP contribution is -2.22. The molecule has 0 radical (unpaired) electrons. The van der Waals surface area contributed by atoms with Gasteiger partial charge in [0.2, 0.25) is 0 Å². The molecule has 2 aromatic rings. The van der Waals surface area contributed by atoms with Crippen LogP contribution in [0.25, 0.3) is 0 Å². The Morgan fingerprint density at radius 3 is 2.47 bits per heavy atom. The van der Waals surface area contributed by atoms with Crippen LogP contribution in [-0.2, 0) is 6.42 Å². The minimum absolute atomic E-state index is 0.635. The fraction of sp³-hybridized carbons (Fsp3) is 0.375. The van der Waals surface area contributed by atoms with Crippen molar-refractivity contribution in [3.63, 3.8) is 0 Å². The summed E-state index contributed by atoms with van der Waals surface area (Å²) in [5, 5.41) is 0. The number of hydrogen-bond acceptors (Lipinski definition) is 1. The second-order valence-corrected chi connectivity index (χ2v) is 4.99. The van der Waals surface area contributed by atoms with E-state index in [0.717, 1.165) is 18.1 Å². The standard InChI is InChI=1S/C16H18O/c1-2-6-13(7-3-1)16(14-8-4-9-14)12-15-10-5-11-17-15/h1-3,5-7,10-11,14,16H,4,8-9,12H2. The Morgan fingerprint density at radius 2 is 1.88 bits per heavy atom. The van der Waals surface area contributed by atoms with Crippen LogP contribution >= 0.6 is 0 Å². The van der Waals surface area contributed by atoms with Gasteiger partial charge in [-0.3, -0.25) is 0 Å². The summed E-state index contributed by atoms with van der Waals surface area (Å²) in [6, 6.07) is 15.0. The van der Waals surface area contributed by atoms with E-state index >= 15 is 0 Å². The van der Waals surface area contributed by atoms with Gasteiger partial charge in [0.15, 0.2) is 0 Å². The van der Waals surface area contributed by atoms with E-state index in [-0.39, 0.29) is 0 Å². The molecule has 1 heterocycles. The van der Waals surface area contributed by atoms with E-state index < -0.39 is 0 Å². The fourth-order valence-corrected chi connectivity index (χ4v) is 2.74. The predicted octanol–water partition coefficient (Wildman–Crippen LogP) is 4.41. The summed E-state index contributed by atoms with van der Waals surface area (Å²) in [5.74, 6) is 2.60. The Bertz CT molecular complexity index is 440. The zero-order chi connectivity index (χ0) is 11.5. The Labute approximate surface area is 102 Å². The first-order chi connectivity index (χ1) is 8.43. The summed E-state index contributed by atoms with van der Waals surface area (Å²) in [6.45, 7) is 0. The maximum Gasteiger partial charge on any atom is 0.104 e. The van der Waals surface area contributed by atoms with Gasteiger partial charge in [0.25, 0.3) is 0 Å². The number of rotatable bonds is 4. The van der Waals surface area contributed by atoms with Crippen LogP contribution in [0.4, 0.5) is 0 Å². The van der Waals surface area contributed by atoms with Gasteiger partial charge < -0.3 is 4.42 Å². The highest BCUT2D eigenvalue weighted by Gasteiger charge is 2.29. The summed E-state index contributed by atoms with van der Waals surface area (Å²) >= 11 is 0. The summed E-state index contributed by atoms with van der Waals surface area (Å²) in [6.07, 6.45) is 6.96. The highest BCUT2D eigenvalue weighted by atomic mass is 16.3. The molecule has 0 aliphatic heterocycles. The van der Waals surface area contributed by atoms with Crippen molar-refractivity contribution < 1.29 is 4.42 Å². The van der Waals surface area contributed by atoms with E-state index in [1.807, 2.05) is 6.07 Å². The highest BCUT2D eigenvalue weighted by molar-refractivity contribution is 5.22. The molecular formula is C16H18O. The Morgan fingerprint density at radius 1 is 1.06 bits per heavy atom. The van der Waals surface area contributed by atoms with Crippen molar-refractivity contribution in [2.24, 2.45) is 5.92 Å². The number of benzene rings is 1. The van der Waals surface area contributed by atoms with Gasteiger partial charge in [-0.05, 0) is 42.4 Å². The SMILES string of the molecule is c1ccc(C(Cc2ccco2)C2CCC2)cc1. The molecule has 1 nitrogen and oxygen atoms in total. The van der Waals surface area contributed by atoms with Crippen molar-refractivity contribution in [3.05, 3.63) is 60.1 Å². The molecule has 17 heavy (non-hydrogen) atoms. The van der Waals surface area contributed by atoms with Gasteiger partial charge >= 0.3 is 0 Å². The predicted molar refractivity (Wildman–Crippen MR) is 68.9 cm³/mol. The molecule has 0 bridgehead atoms. The maximum atomic E-state index is 5.50. The van der Waals surface area contributed by atoms with Crippen LogP contribution in [0.15, 0.2) is 53.1 Å². The van der Waals surface area contributed by atoms with Crippen LogP contribution in [0.3, 0.4) is 0 Å². The minimum atomic E-state index is 0.635. The number of furan rings is 1. The summed E-state index contributed by atoms with van der Waals surface area (Å²) in [4.78, 5) is 0. The second kappa shape index (κ2) is 4.79. The van der Waals surface area contributed by atoms with Crippen LogP contribution in [0.2, 0.25) is 0 Å². The summed E-state index contributed by atoms with van der Waals surface area (Å²) in [7, 11) is 0. The number of hydrogen-bond donors (Lipinski definition) is 0. The molecule has 0 spiro atoms. The molecule has 1 aliphatic rings. The van der Waals surface area contributed by atoms with Crippen molar-refractivity contribution >= 4 is 0 Å². The monoisotopic (exact) mass is 226 g/mol. The molecule has 0 saturated heterocycles. The fourth-order valence-electron chi connectivity index (χ4n) is 2.74. The minimum Gasteiger partial charge on any atom is -0.469 e. The molecule has 1 aliphatic carbocycles. The van der Waals surface area contributed by atoms with Crippen molar-refractivity contribution in [2.75, 3.05) is 0 Å².